The van der Waals surface area contributed by atoms with E-state index in [9.17, 15) is 0 Å². The Morgan fingerprint density at radius 2 is 1.84 bits per heavy atom. The minimum atomic E-state index is 0.757. The monoisotopic (exact) mass is 347 g/mol. The maximum Gasteiger partial charge on any atom is 0.152 e. The Bertz CT molecular complexity index is 1020. The van der Waals surface area contributed by atoms with Gasteiger partial charge in [-0.05, 0) is 43.3 Å². The SMILES string of the molecule is Cc1cc(Nc2cc(Sc3ccc(N)cc3)nc3ccccc23)n[nH]1. The summed E-state index contributed by atoms with van der Waals surface area (Å²) < 4.78 is 0. The average Bonchev–Trinajstić information content (AvgIpc) is 3.02. The molecule has 0 bridgehead atoms. The first-order valence-electron chi connectivity index (χ1n) is 7.89. The number of para-hydroxylation sites is 1. The number of hydrogen-bond acceptors (Lipinski definition) is 5. The Balaban J connectivity index is 1.73. The Kier molecular flexibility index (Phi) is 4.03. The molecule has 0 spiro atoms. The van der Waals surface area contributed by atoms with Crippen molar-refractivity contribution in [2.75, 3.05) is 11.1 Å². The molecule has 2 aromatic heterocycles. The molecule has 4 N–H and O–H groups in total. The van der Waals surface area contributed by atoms with Crippen molar-refractivity contribution in [1.82, 2.24) is 15.2 Å². The van der Waals surface area contributed by atoms with E-state index in [1.54, 1.807) is 11.8 Å². The fourth-order valence-electron chi connectivity index (χ4n) is 2.58. The van der Waals surface area contributed by atoms with Gasteiger partial charge in [0, 0.05) is 27.7 Å². The number of pyridine rings is 1. The van der Waals surface area contributed by atoms with Gasteiger partial charge < -0.3 is 11.1 Å². The number of nitrogen functional groups attached to an aromatic ring is 1. The van der Waals surface area contributed by atoms with Crippen molar-refractivity contribution < 1.29 is 0 Å². The van der Waals surface area contributed by atoms with E-state index in [1.807, 2.05) is 61.5 Å². The summed E-state index contributed by atoms with van der Waals surface area (Å²) in [4.78, 5) is 5.86. The third-order valence-electron chi connectivity index (χ3n) is 3.76. The highest BCUT2D eigenvalue weighted by molar-refractivity contribution is 7.99. The summed E-state index contributed by atoms with van der Waals surface area (Å²) in [6.07, 6.45) is 0. The van der Waals surface area contributed by atoms with Crippen LogP contribution in [0, 0.1) is 6.92 Å². The highest BCUT2D eigenvalue weighted by Gasteiger charge is 2.09. The summed E-state index contributed by atoms with van der Waals surface area (Å²) in [5, 5.41) is 12.6. The van der Waals surface area contributed by atoms with Crippen molar-refractivity contribution in [2.45, 2.75) is 16.8 Å². The van der Waals surface area contributed by atoms with Crippen molar-refractivity contribution >= 4 is 39.9 Å². The summed E-state index contributed by atoms with van der Waals surface area (Å²) in [7, 11) is 0. The van der Waals surface area contributed by atoms with Gasteiger partial charge in [-0.3, -0.25) is 5.10 Å². The average molecular weight is 347 g/mol. The third-order valence-corrected chi connectivity index (χ3v) is 4.69. The molecule has 0 fully saturated rings. The molecule has 25 heavy (non-hydrogen) atoms. The lowest BCUT2D eigenvalue weighted by Gasteiger charge is -2.10. The lowest BCUT2D eigenvalue weighted by Crippen LogP contribution is -1.94. The molecule has 2 heterocycles. The maximum atomic E-state index is 5.76. The largest absolute Gasteiger partial charge is 0.399 e. The Morgan fingerprint density at radius 1 is 1.04 bits per heavy atom. The lowest BCUT2D eigenvalue weighted by atomic mass is 10.2. The topological polar surface area (TPSA) is 79.6 Å². The second kappa shape index (κ2) is 6.49. The number of aromatic nitrogens is 3. The first-order valence-corrected chi connectivity index (χ1v) is 8.71. The minimum absolute atomic E-state index is 0.757. The molecule has 0 saturated carbocycles. The number of benzene rings is 2. The first-order chi connectivity index (χ1) is 12.2. The Morgan fingerprint density at radius 3 is 2.60 bits per heavy atom. The summed E-state index contributed by atoms with van der Waals surface area (Å²) in [6.45, 7) is 1.98. The number of fused-ring (bicyclic) bond motifs is 1. The zero-order valence-corrected chi connectivity index (χ0v) is 14.5. The van der Waals surface area contributed by atoms with Gasteiger partial charge in [-0.25, -0.2) is 4.98 Å². The molecule has 0 aliphatic carbocycles. The maximum absolute atomic E-state index is 5.76. The molecular weight excluding hydrogens is 330 g/mol. The molecule has 0 aliphatic heterocycles. The molecule has 6 heteroatoms. The molecular formula is C19H17N5S. The van der Waals surface area contributed by atoms with Crippen LogP contribution in [0.1, 0.15) is 5.69 Å². The van der Waals surface area contributed by atoms with E-state index in [-0.39, 0.29) is 0 Å². The number of rotatable bonds is 4. The van der Waals surface area contributed by atoms with Gasteiger partial charge in [0.2, 0.25) is 0 Å². The van der Waals surface area contributed by atoms with Gasteiger partial charge in [0.15, 0.2) is 5.82 Å². The predicted molar refractivity (Wildman–Crippen MR) is 103 cm³/mol. The number of nitrogens with zero attached hydrogens (tertiary/aromatic N) is 2. The fourth-order valence-corrected chi connectivity index (χ4v) is 3.42. The van der Waals surface area contributed by atoms with Crippen LogP contribution in [0.15, 0.2) is 70.6 Å². The predicted octanol–water partition coefficient (Wildman–Crippen LogP) is 4.74. The molecule has 0 radical (unpaired) electrons. The van der Waals surface area contributed by atoms with Crippen molar-refractivity contribution in [3.63, 3.8) is 0 Å². The summed E-state index contributed by atoms with van der Waals surface area (Å²) in [6, 6.07) is 19.9. The van der Waals surface area contributed by atoms with Crippen LogP contribution in [0.2, 0.25) is 0 Å². The lowest BCUT2D eigenvalue weighted by molar-refractivity contribution is 1.05. The highest BCUT2D eigenvalue weighted by Crippen LogP contribution is 2.33. The minimum Gasteiger partial charge on any atom is -0.399 e. The van der Waals surface area contributed by atoms with Crippen LogP contribution < -0.4 is 11.1 Å². The van der Waals surface area contributed by atoms with Crippen LogP contribution >= 0.6 is 11.8 Å². The van der Waals surface area contributed by atoms with Crippen molar-refractivity contribution in [3.8, 4) is 0 Å². The van der Waals surface area contributed by atoms with Gasteiger partial charge in [-0.2, -0.15) is 5.10 Å². The van der Waals surface area contributed by atoms with E-state index in [4.69, 9.17) is 10.7 Å². The fraction of sp³-hybridized carbons (Fsp3) is 0.0526. The third kappa shape index (κ3) is 3.44. The van der Waals surface area contributed by atoms with E-state index in [0.717, 1.165) is 43.7 Å². The van der Waals surface area contributed by atoms with E-state index in [0.29, 0.717) is 0 Å². The molecule has 2 aromatic carbocycles. The van der Waals surface area contributed by atoms with Gasteiger partial charge >= 0.3 is 0 Å². The molecule has 4 aromatic rings. The van der Waals surface area contributed by atoms with Crippen LogP contribution in [0.5, 0.6) is 0 Å². The number of hydrogen-bond donors (Lipinski definition) is 3. The van der Waals surface area contributed by atoms with Gasteiger partial charge in [-0.15, -0.1) is 0 Å². The number of H-pyrrole nitrogens is 1. The molecule has 124 valence electrons. The number of aromatic amines is 1. The Labute approximate surface area is 149 Å². The second-order valence-electron chi connectivity index (χ2n) is 5.76. The first kappa shape index (κ1) is 15.5. The zero-order valence-electron chi connectivity index (χ0n) is 13.7. The van der Waals surface area contributed by atoms with Crippen molar-refractivity contribution in [1.29, 1.82) is 0 Å². The second-order valence-corrected chi connectivity index (χ2v) is 6.85. The van der Waals surface area contributed by atoms with Crippen LogP contribution in [0.3, 0.4) is 0 Å². The number of nitrogens with one attached hydrogen (secondary N) is 2. The molecule has 0 unspecified atom stereocenters. The number of anilines is 3. The van der Waals surface area contributed by atoms with Crippen LogP contribution in [-0.2, 0) is 0 Å². The standard InChI is InChI=1S/C19H17N5S/c1-12-10-18(24-23-12)21-17-11-19(22-16-5-3-2-4-15(16)17)25-14-8-6-13(20)7-9-14/h2-11H,20H2,1H3,(H2,21,22,23,24). The Hall–Kier alpha value is -2.99. The smallest absolute Gasteiger partial charge is 0.152 e. The van der Waals surface area contributed by atoms with Crippen molar-refractivity contribution in [3.05, 3.63) is 66.4 Å². The van der Waals surface area contributed by atoms with Crippen LogP contribution in [-0.4, -0.2) is 15.2 Å². The molecule has 4 rings (SSSR count). The quantitative estimate of drug-likeness (QED) is 0.465. The van der Waals surface area contributed by atoms with Crippen LogP contribution in [0.4, 0.5) is 17.2 Å². The van der Waals surface area contributed by atoms with E-state index in [1.165, 1.54) is 0 Å². The molecule has 5 nitrogen and oxygen atoms in total. The van der Waals surface area contributed by atoms with E-state index >= 15 is 0 Å². The molecule has 0 aliphatic rings. The van der Waals surface area contributed by atoms with E-state index < -0.39 is 0 Å². The number of nitrogens with two attached hydrogens (primary N) is 1. The van der Waals surface area contributed by atoms with Crippen molar-refractivity contribution in [2.24, 2.45) is 0 Å². The molecule has 0 saturated heterocycles. The van der Waals surface area contributed by atoms with Gasteiger partial charge in [0.05, 0.1) is 11.2 Å². The number of aryl methyl sites for hydroxylation is 1. The normalized spacial score (nSPS) is 10.9. The zero-order chi connectivity index (χ0) is 17.2. The van der Waals surface area contributed by atoms with Crippen LogP contribution in [0.25, 0.3) is 10.9 Å². The highest BCUT2D eigenvalue weighted by atomic mass is 32.2. The van der Waals surface area contributed by atoms with Gasteiger partial charge in [0.1, 0.15) is 5.03 Å². The van der Waals surface area contributed by atoms with Gasteiger partial charge in [0.25, 0.3) is 0 Å². The van der Waals surface area contributed by atoms with E-state index in [2.05, 4.69) is 21.6 Å². The summed E-state index contributed by atoms with van der Waals surface area (Å²) in [5.41, 5.74) is 9.45. The molecule has 0 amide bonds. The molecule has 0 atom stereocenters. The summed E-state index contributed by atoms with van der Waals surface area (Å²) >= 11 is 1.61. The summed E-state index contributed by atoms with van der Waals surface area (Å²) in [5.74, 6) is 0.789. The van der Waals surface area contributed by atoms with Gasteiger partial charge in [-0.1, -0.05) is 30.0 Å².